The summed E-state index contributed by atoms with van der Waals surface area (Å²) in [5.41, 5.74) is 3.03. The van der Waals surface area contributed by atoms with E-state index in [1.165, 1.54) is 17.4 Å². The van der Waals surface area contributed by atoms with Crippen molar-refractivity contribution >= 4 is 34.2 Å². The Balaban J connectivity index is 1.88. The van der Waals surface area contributed by atoms with Crippen LogP contribution in [-0.2, 0) is 6.61 Å². The molecule has 0 aliphatic carbocycles. The lowest BCUT2D eigenvalue weighted by molar-refractivity contribution is 0.303. The molecule has 0 spiro atoms. The number of fused-ring (bicyclic) bond motifs is 1. The van der Waals surface area contributed by atoms with Crippen LogP contribution in [0.4, 0.5) is 0 Å². The highest BCUT2D eigenvalue weighted by Gasteiger charge is 2.10. The Kier molecular flexibility index (Phi) is 3.63. The van der Waals surface area contributed by atoms with Gasteiger partial charge < -0.3 is 9.72 Å². The average Bonchev–Trinajstić information content (AvgIpc) is 3.04. The molecule has 1 aromatic carbocycles. The van der Waals surface area contributed by atoms with Gasteiger partial charge in [0.1, 0.15) is 18.1 Å². The normalized spacial score (nSPS) is 11.4. The van der Waals surface area contributed by atoms with Gasteiger partial charge in [-0.05, 0) is 18.1 Å². The van der Waals surface area contributed by atoms with E-state index in [1.807, 2.05) is 12.1 Å². The molecule has 3 rings (SSSR count). The number of aromatic amines is 1. The number of H-pyrrole nitrogens is 1. The molecule has 2 aromatic heterocycles. The van der Waals surface area contributed by atoms with Crippen molar-refractivity contribution < 1.29 is 4.74 Å². The zero-order chi connectivity index (χ0) is 14.1. The number of benzene rings is 1. The molecule has 3 aromatic rings. The molecule has 0 saturated heterocycles. The molecule has 0 unspecified atom stereocenters. The molecule has 0 aliphatic rings. The van der Waals surface area contributed by atoms with Crippen LogP contribution in [0.25, 0.3) is 10.9 Å². The van der Waals surface area contributed by atoms with E-state index < -0.39 is 0 Å². The van der Waals surface area contributed by atoms with Crippen molar-refractivity contribution in [1.29, 1.82) is 0 Å². The molecule has 2 heterocycles. The SMILES string of the molecule is CC(C)c1cc2cc(Cl)c(OCc3cnsn3)cc2[nH]1. The maximum atomic E-state index is 6.26. The Hall–Kier alpha value is -1.59. The van der Waals surface area contributed by atoms with Crippen molar-refractivity contribution in [2.45, 2.75) is 26.4 Å². The summed E-state index contributed by atoms with van der Waals surface area (Å²) >= 11 is 7.43. The summed E-state index contributed by atoms with van der Waals surface area (Å²) < 4.78 is 13.8. The summed E-state index contributed by atoms with van der Waals surface area (Å²) in [4.78, 5) is 3.39. The van der Waals surface area contributed by atoms with Gasteiger partial charge in [-0.15, -0.1) is 0 Å². The number of nitrogens with one attached hydrogen (secondary N) is 1. The molecule has 6 heteroatoms. The third kappa shape index (κ3) is 2.64. The number of rotatable bonds is 4. The summed E-state index contributed by atoms with van der Waals surface area (Å²) in [5.74, 6) is 1.11. The van der Waals surface area contributed by atoms with Crippen LogP contribution >= 0.6 is 23.3 Å². The second-order valence-electron chi connectivity index (χ2n) is 4.94. The first-order valence-electron chi connectivity index (χ1n) is 6.35. The van der Waals surface area contributed by atoms with Gasteiger partial charge in [0, 0.05) is 22.7 Å². The number of aromatic nitrogens is 3. The summed E-state index contributed by atoms with van der Waals surface area (Å²) in [5, 5.41) is 1.70. The molecule has 20 heavy (non-hydrogen) atoms. The molecule has 0 radical (unpaired) electrons. The molecule has 0 aliphatic heterocycles. The van der Waals surface area contributed by atoms with Crippen LogP contribution < -0.4 is 4.74 Å². The van der Waals surface area contributed by atoms with Crippen LogP contribution in [0.5, 0.6) is 5.75 Å². The highest BCUT2D eigenvalue weighted by molar-refractivity contribution is 6.99. The van der Waals surface area contributed by atoms with Gasteiger partial charge in [0.15, 0.2) is 0 Å². The minimum absolute atomic E-state index is 0.374. The first-order valence-corrected chi connectivity index (χ1v) is 7.45. The summed E-state index contributed by atoms with van der Waals surface area (Å²) in [7, 11) is 0. The number of hydrogen-bond acceptors (Lipinski definition) is 4. The zero-order valence-corrected chi connectivity index (χ0v) is 12.8. The minimum atomic E-state index is 0.374. The summed E-state index contributed by atoms with van der Waals surface area (Å²) in [6, 6.07) is 5.98. The number of hydrogen-bond donors (Lipinski definition) is 1. The predicted molar refractivity (Wildman–Crippen MR) is 81.6 cm³/mol. The molecule has 1 N–H and O–H groups in total. The van der Waals surface area contributed by atoms with Crippen LogP contribution in [0, 0.1) is 0 Å². The average molecular weight is 308 g/mol. The summed E-state index contributed by atoms with van der Waals surface area (Å²) in [6.45, 7) is 4.68. The standard InChI is InChI=1S/C14H14ClN3OS/c1-8(2)12-4-9-3-11(15)14(5-13(9)17-12)19-7-10-6-16-20-18-10/h3-6,8,17H,7H2,1-2H3. The van der Waals surface area contributed by atoms with Crippen LogP contribution in [0.3, 0.4) is 0 Å². The van der Waals surface area contributed by atoms with Gasteiger partial charge >= 0.3 is 0 Å². The Morgan fingerprint density at radius 3 is 2.90 bits per heavy atom. The monoisotopic (exact) mass is 307 g/mol. The molecular formula is C14H14ClN3OS. The van der Waals surface area contributed by atoms with Gasteiger partial charge in [0.2, 0.25) is 0 Å². The van der Waals surface area contributed by atoms with Crippen molar-refractivity contribution in [3.05, 3.63) is 40.8 Å². The van der Waals surface area contributed by atoms with E-state index in [4.69, 9.17) is 16.3 Å². The smallest absolute Gasteiger partial charge is 0.140 e. The lowest BCUT2D eigenvalue weighted by Gasteiger charge is -2.06. The lowest BCUT2D eigenvalue weighted by Crippen LogP contribution is -1.95. The van der Waals surface area contributed by atoms with Gasteiger partial charge in [0.05, 0.1) is 22.9 Å². The Morgan fingerprint density at radius 2 is 2.20 bits per heavy atom. The fourth-order valence-electron chi connectivity index (χ4n) is 1.98. The van der Waals surface area contributed by atoms with Gasteiger partial charge in [0.25, 0.3) is 0 Å². The van der Waals surface area contributed by atoms with Crippen molar-refractivity contribution in [3.8, 4) is 5.75 Å². The molecule has 0 atom stereocenters. The third-order valence-electron chi connectivity index (χ3n) is 3.10. The van der Waals surface area contributed by atoms with Crippen molar-refractivity contribution in [2.24, 2.45) is 0 Å². The molecule has 104 valence electrons. The molecule has 4 nitrogen and oxygen atoms in total. The first kappa shape index (κ1) is 13.4. The molecule has 0 fully saturated rings. The quantitative estimate of drug-likeness (QED) is 0.778. The Labute approximate surface area is 126 Å². The number of ether oxygens (including phenoxy) is 1. The minimum Gasteiger partial charge on any atom is -0.486 e. The van der Waals surface area contributed by atoms with Gasteiger partial charge in [-0.25, -0.2) is 0 Å². The third-order valence-corrected chi connectivity index (χ3v) is 3.91. The van der Waals surface area contributed by atoms with E-state index in [1.54, 1.807) is 6.20 Å². The van der Waals surface area contributed by atoms with Crippen LogP contribution in [0.1, 0.15) is 31.2 Å². The van der Waals surface area contributed by atoms with Gasteiger partial charge in [-0.2, -0.15) is 8.75 Å². The molecule has 0 saturated carbocycles. The molecule has 0 bridgehead atoms. The van der Waals surface area contributed by atoms with Gasteiger partial charge in [-0.1, -0.05) is 25.4 Å². The predicted octanol–water partition coefficient (Wildman–Crippen LogP) is 4.38. The lowest BCUT2D eigenvalue weighted by atomic mass is 10.1. The van der Waals surface area contributed by atoms with Crippen molar-refractivity contribution in [2.75, 3.05) is 0 Å². The van der Waals surface area contributed by atoms with E-state index in [0.29, 0.717) is 23.3 Å². The van der Waals surface area contributed by atoms with E-state index in [2.05, 4.69) is 33.6 Å². The molecule has 0 amide bonds. The van der Waals surface area contributed by atoms with E-state index >= 15 is 0 Å². The Morgan fingerprint density at radius 1 is 1.35 bits per heavy atom. The van der Waals surface area contributed by atoms with Crippen LogP contribution in [0.15, 0.2) is 24.4 Å². The van der Waals surface area contributed by atoms with E-state index in [9.17, 15) is 0 Å². The number of halogens is 1. The van der Waals surface area contributed by atoms with E-state index in [-0.39, 0.29) is 0 Å². The maximum Gasteiger partial charge on any atom is 0.140 e. The fraction of sp³-hybridized carbons (Fsp3) is 0.286. The second kappa shape index (κ2) is 5.42. The van der Waals surface area contributed by atoms with Crippen molar-refractivity contribution in [3.63, 3.8) is 0 Å². The summed E-state index contributed by atoms with van der Waals surface area (Å²) in [6.07, 6.45) is 1.70. The topological polar surface area (TPSA) is 50.8 Å². The van der Waals surface area contributed by atoms with E-state index in [0.717, 1.165) is 16.6 Å². The first-order chi connectivity index (χ1) is 9.63. The maximum absolute atomic E-state index is 6.26. The Bertz CT molecular complexity index is 721. The van der Waals surface area contributed by atoms with Crippen LogP contribution in [0.2, 0.25) is 5.02 Å². The number of nitrogens with zero attached hydrogens (tertiary/aromatic N) is 2. The highest BCUT2D eigenvalue weighted by atomic mass is 35.5. The molecular weight excluding hydrogens is 294 g/mol. The highest BCUT2D eigenvalue weighted by Crippen LogP contribution is 2.32. The largest absolute Gasteiger partial charge is 0.486 e. The second-order valence-corrected chi connectivity index (χ2v) is 5.90. The van der Waals surface area contributed by atoms with Crippen molar-refractivity contribution in [1.82, 2.24) is 13.7 Å². The van der Waals surface area contributed by atoms with Crippen LogP contribution in [-0.4, -0.2) is 13.7 Å². The zero-order valence-electron chi connectivity index (χ0n) is 11.2. The fourth-order valence-corrected chi connectivity index (χ4v) is 2.62. The van der Waals surface area contributed by atoms with Gasteiger partial charge in [-0.3, -0.25) is 0 Å².